The molecule has 0 saturated heterocycles. The van der Waals surface area contributed by atoms with E-state index in [0.29, 0.717) is 15.0 Å². The number of fused-ring (bicyclic) bond motifs is 1. The first-order valence-electron chi connectivity index (χ1n) is 8.18. The highest BCUT2D eigenvalue weighted by Gasteiger charge is 2.47. The van der Waals surface area contributed by atoms with Gasteiger partial charge in [-0.05, 0) is 48.5 Å². The maximum absolute atomic E-state index is 12.7. The van der Waals surface area contributed by atoms with Gasteiger partial charge in [0.25, 0.3) is 26.0 Å². The third-order valence-corrected chi connectivity index (χ3v) is 8.64. The fraction of sp³-hybridized carbons (Fsp3) is 0. The van der Waals surface area contributed by atoms with E-state index in [1.54, 1.807) is 30.3 Å². The number of benzene rings is 3. The van der Waals surface area contributed by atoms with Gasteiger partial charge in [-0.2, -0.15) is 20.5 Å². The largest absolute Gasteiger partial charge is 0.322 e. The molecule has 0 saturated carbocycles. The van der Waals surface area contributed by atoms with Gasteiger partial charge >= 0.3 is 0 Å². The molecule has 0 fully saturated rings. The van der Waals surface area contributed by atoms with Crippen LogP contribution in [0.15, 0.2) is 88.7 Å². The average molecular weight is 414 g/mol. The highest BCUT2D eigenvalue weighted by Crippen LogP contribution is 2.40. The summed E-state index contributed by atoms with van der Waals surface area (Å²) in [7, 11) is -8.46. The summed E-state index contributed by atoms with van der Waals surface area (Å²) in [6, 6.07) is 19.6. The minimum absolute atomic E-state index is 0.0334. The Morgan fingerprint density at radius 1 is 0.679 bits per heavy atom. The summed E-state index contributed by atoms with van der Waals surface area (Å²) < 4.78 is 51.3. The van der Waals surface area contributed by atoms with Crippen LogP contribution in [0.4, 0.5) is 11.4 Å². The number of nitrogens with zero attached hydrogens (tertiary/aromatic N) is 1. The Balaban J connectivity index is 1.66. The van der Waals surface area contributed by atoms with Crippen LogP contribution in [0.3, 0.4) is 0 Å². The molecule has 1 aliphatic rings. The summed E-state index contributed by atoms with van der Waals surface area (Å²) in [6.07, 6.45) is 0. The Kier molecular flexibility index (Phi) is 4.20. The molecule has 3 aromatic carbocycles. The van der Waals surface area contributed by atoms with Gasteiger partial charge in [-0.15, -0.1) is 0 Å². The highest BCUT2D eigenvalue weighted by atomic mass is 32.3. The van der Waals surface area contributed by atoms with Gasteiger partial charge in [0.05, 0.1) is 5.69 Å². The van der Waals surface area contributed by atoms with Crippen molar-refractivity contribution in [2.24, 2.45) is 0 Å². The van der Waals surface area contributed by atoms with E-state index in [9.17, 15) is 21.6 Å². The van der Waals surface area contributed by atoms with Crippen LogP contribution < -0.4 is 9.03 Å². The van der Waals surface area contributed by atoms with Crippen molar-refractivity contribution < 1.29 is 21.6 Å². The van der Waals surface area contributed by atoms with Crippen molar-refractivity contribution in [3.8, 4) is 0 Å². The first kappa shape index (κ1) is 18.2. The van der Waals surface area contributed by atoms with E-state index in [-0.39, 0.29) is 21.4 Å². The number of amides is 1. The number of nitrogens with one attached hydrogen (secondary N) is 1. The van der Waals surface area contributed by atoms with Gasteiger partial charge in [0.2, 0.25) is 0 Å². The van der Waals surface area contributed by atoms with E-state index >= 15 is 0 Å². The van der Waals surface area contributed by atoms with E-state index < -0.39 is 20.0 Å². The van der Waals surface area contributed by atoms with Crippen LogP contribution in [0.25, 0.3) is 0 Å². The molecule has 0 unspecified atom stereocenters. The molecule has 7 nitrogen and oxygen atoms in total. The van der Waals surface area contributed by atoms with Crippen molar-refractivity contribution in [2.45, 2.75) is 9.79 Å². The SMILES string of the molecule is O=C(Nc1ccc(N2S(=O)(=O)c3ccccc3S2(=O)=O)cc1)c1ccccc1. The van der Waals surface area contributed by atoms with E-state index in [1.807, 2.05) is 0 Å². The van der Waals surface area contributed by atoms with Crippen molar-refractivity contribution in [3.05, 3.63) is 84.4 Å². The lowest BCUT2D eigenvalue weighted by Gasteiger charge is -2.16. The molecule has 28 heavy (non-hydrogen) atoms. The van der Waals surface area contributed by atoms with Crippen LogP contribution in [-0.4, -0.2) is 22.7 Å². The van der Waals surface area contributed by atoms with Gasteiger partial charge in [0.1, 0.15) is 9.79 Å². The predicted octanol–water partition coefficient (Wildman–Crippen LogP) is 2.84. The van der Waals surface area contributed by atoms with Gasteiger partial charge < -0.3 is 5.32 Å². The van der Waals surface area contributed by atoms with Crippen LogP contribution >= 0.6 is 0 Å². The number of rotatable bonds is 3. The zero-order valence-corrected chi connectivity index (χ0v) is 15.9. The number of sulfonamides is 2. The second-order valence-corrected chi connectivity index (χ2v) is 9.76. The van der Waals surface area contributed by atoms with Crippen molar-refractivity contribution in [1.29, 1.82) is 0 Å². The summed E-state index contributed by atoms with van der Waals surface area (Å²) >= 11 is 0. The second kappa shape index (κ2) is 6.47. The fourth-order valence-corrected chi connectivity index (χ4v) is 7.37. The lowest BCUT2D eigenvalue weighted by molar-refractivity contribution is 0.102. The van der Waals surface area contributed by atoms with Gasteiger partial charge in [0, 0.05) is 11.3 Å². The van der Waals surface area contributed by atoms with E-state index in [1.165, 1.54) is 48.5 Å². The molecule has 9 heteroatoms. The van der Waals surface area contributed by atoms with Crippen LogP contribution in [0.5, 0.6) is 0 Å². The molecule has 1 N–H and O–H groups in total. The third-order valence-electron chi connectivity index (χ3n) is 4.21. The Bertz CT molecular complexity index is 1220. The van der Waals surface area contributed by atoms with Crippen LogP contribution in [0, 0.1) is 0 Å². The standard InChI is InChI=1S/C19H14N2O5S2/c22-19(14-6-2-1-3-7-14)20-15-10-12-16(13-11-15)21-27(23,24)17-8-4-5-9-18(17)28(21,25)26/h1-13H,(H,20,22). The Hall–Kier alpha value is -3.17. The average Bonchev–Trinajstić information content (AvgIpc) is 2.85. The molecule has 1 aliphatic heterocycles. The smallest absolute Gasteiger partial charge is 0.279 e. The molecule has 0 aromatic heterocycles. The molecule has 3 aromatic rings. The van der Waals surface area contributed by atoms with Gasteiger partial charge in [-0.1, -0.05) is 30.3 Å². The van der Waals surface area contributed by atoms with Gasteiger partial charge in [-0.25, -0.2) is 0 Å². The van der Waals surface area contributed by atoms with Crippen LogP contribution in [-0.2, 0) is 20.0 Å². The first-order chi connectivity index (χ1) is 13.3. The van der Waals surface area contributed by atoms with E-state index in [0.717, 1.165) is 0 Å². The highest BCUT2D eigenvalue weighted by molar-refractivity contribution is 8.12. The summed E-state index contributed by atoms with van der Waals surface area (Å²) in [5.41, 5.74) is 0.838. The number of hydrogen-bond donors (Lipinski definition) is 1. The van der Waals surface area contributed by atoms with Crippen molar-refractivity contribution in [2.75, 3.05) is 9.03 Å². The molecule has 0 spiro atoms. The number of anilines is 2. The van der Waals surface area contributed by atoms with Crippen LogP contribution in [0.2, 0.25) is 0 Å². The lowest BCUT2D eigenvalue weighted by atomic mass is 10.2. The normalized spacial score (nSPS) is 16.4. The molecule has 0 atom stereocenters. The topological polar surface area (TPSA) is 101 Å². The second-order valence-electron chi connectivity index (χ2n) is 6.02. The minimum atomic E-state index is -4.23. The predicted molar refractivity (Wildman–Crippen MR) is 104 cm³/mol. The molecule has 0 aliphatic carbocycles. The summed E-state index contributed by atoms with van der Waals surface area (Å²) in [4.78, 5) is 11.7. The Labute approximate surface area is 162 Å². The molecule has 1 amide bonds. The summed E-state index contributed by atoms with van der Waals surface area (Å²) in [5.74, 6) is -0.331. The molecule has 0 radical (unpaired) electrons. The Morgan fingerprint density at radius 3 is 1.71 bits per heavy atom. The van der Waals surface area contributed by atoms with Gasteiger partial charge in [-0.3, -0.25) is 4.79 Å². The van der Waals surface area contributed by atoms with Gasteiger partial charge in [0.15, 0.2) is 0 Å². The first-order valence-corrected chi connectivity index (χ1v) is 11.1. The van der Waals surface area contributed by atoms with Crippen molar-refractivity contribution >= 4 is 37.3 Å². The maximum Gasteiger partial charge on any atom is 0.279 e. The Morgan fingerprint density at radius 2 is 1.18 bits per heavy atom. The van der Waals surface area contributed by atoms with E-state index in [2.05, 4.69) is 5.32 Å². The fourth-order valence-electron chi connectivity index (χ4n) is 2.92. The molecule has 0 bridgehead atoms. The number of carbonyl (C=O) groups is 1. The van der Waals surface area contributed by atoms with Crippen molar-refractivity contribution in [1.82, 2.24) is 0 Å². The molecule has 4 rings (SSSR count). The minimum Gasteiger partial charge on any atom is -0.322 e. The summed E-state index contributed by atoms with van der Waals surface area (Å²) in [5, 5.41) is 2.68. The lowest BCUT2D eigenvalue weighted by Crippen LogP contribution is -2.30. The quantitative estimate of drug-likeness (QED) is 0.710. The third kappa shape index (κ3) is 2.85. The molecule has 142 valence electrons. The zero-order chi connectivity index (χ0) is 19.9. The monoisotopic (exact) mass is 414 g/mol. The maximum atomic E-state index is 12.7. The summed E-state index contributed by atoms with van der Waals surface area (Å²) in [6.45, 7) is 0. The molecular weight excluding hydrogens is 400 g/mol. The van der Waals surface area contributed by atoms with E-state index in [4.69, 9.17) is 0 Å². The van der Waals surface area contributed by atoms with Crippen molar-refractivity contribution in [3.63, 3.8) is 0 Å². The van der Waals surface area contributed by atoms with Crippen LogP contribution in [0.1, 0.15) is 10.4 Å². The number of hydrogen-bond acceptors (Lipinski definition) is 5. The molecule has 1 heterocycles. The molecular formula is C19H14N2O5S2. The number of carbonyl (C=O) groups excluding carboxylic acids is 1. The zero-order valence-electron chi connectivity index (χ0n) is 14.3.